The molecule has 15 heavy (non-hydrogen) atoms. The normalized spacial score (nSPS) is 10.3. The van der Waals surface area contributed by atoms with Crippen molar-refractivity contribution < 1.29 is 10.0 Å². The number of nitrogens with zero attached hydrogens (tertiary/aromatic N) is 3. The molecule has 2 aromatic rings. The lowest BCUT2D eigenvalue weighted by Gasteiger charge is -2.00. The molecule has 0 amide bonds. The lowest BCUT2D eigenvalue weighted by molar-refractivity contribution is 0.426. The number of hydrogen-bond donors (Lipinski definition) is 3. The monoisotopic (exact) mass is 204 g/mol. The highest BCUT2D eigenvalue weighted by Gasteiger charge is 2.10. The van der Waals surface area contributed by atoms with E-state index in [4.69, 9.17) is 10.0 Å². The molecule has 0 saturated heterocycles. The predicted molar refractivity (Wildman–Crippen MR) is 53.3 cm³/mol. The summed E-state index contributed by atoms with van der Waals surface area (Å²) in [7, 11) is -1.43. The van der Waals surface area contributed by atoms with Gasteiger partial charge in [-0.1, -0.05) is 29.5 Å². The van der Waals surface area contributed by atoms with E-state index in [1.165, 1.54) is 0 Å². The Bertz CT molecular complexity index is 415. The number of benzene rings is 1. The average Bonchev–Trinajstić information content (AvgIpc) is 2.71. The third-order valence-corrected chi connectivity index (χ3v) is 2.03. The molecule has 0 fully saturated rings. The van der Waals surface area contributed by atoms with Gasteiger partial charge in [-0.05, 0) is 11.0 Å². The standard InChI is InChI=1S/C8H9BN4O2/c14-9(15)7-3-1-6(2-4-7)5-8-10-12-13-11-8/h1-4,14-15H,5H2,(H,10,11,12,13). The van der Waals surface area contributed by atoms with Gasteiger partial charge < -0.3 is 10.0 Å². The third kappa shape index (κ3) is 2.39. The zero-order chi connectivity index (χ0) is 10.7. The van der Waals surface area contributed by atoms with E-state index < -0.39 is 7.12 Å². The average molecular weight is 204 g/mol. The molecule has 6 nitrogen and oxygen atoms in total. The molecule has 1 aromatic carbocycles. The second-order valence-electron chi connectivity index (χ2n) is 3.12. The Balaban J connectivity index is 2.11. The van der Waals surface area contributed by atoms with Crippen LogP contribution in [0.5, 0.6) is 0 Å². The minimum atomic E-state index is -1.43. The Morgan fingerprint density at radius 3 is 2.47 bits per heavy atom. The zero-order valence-electron chi connectivity index (χ0n) is 7.83. The van der Waals surface area contributed by atoms with E-state index >= 15 is 0 Å². The van der Waals surface area contributed by atoms with E-state index in [1.807, 2.05) is 0 Å². The summed E-state index contributed by atoms with van der Waals surface area (Å²) in [6.07, 6.45) is 0.568. The van der Waals surface area contributed by atoms with Crippen LogP contribution in [-0.2, 0) is 6.42 Å². The van der Waals surface area contributed by atoms with Gasteiger partial charge in [-0.3, -0.25) is 0 Å². The van der Waals surface area contributed by atoms with Crippen LogP contribution in [0.1, 0.15) is 11.4 Å². The van der Waals surface area contributed by atoms with Crippen LogP contribution in [0.4, 0.5) is 0 Å². The lowest BCUT2D eigenvalue weighted by Crippen LogP contribution is -2.29. The van der Waals surface area contributed by atoms with Crippen molar-refractivity contribution in [1.29, 1.82) is 0 Å². The molecule has 0 aliphatic carbocycles. The summed E-state index contributed by atoms with van der Waals surface area (Å²) in [5, 5.41) is 31.2. The molecule has 0 saturated carbocycles. The van der Waals surface area contributed by atoms with Gasteiger partial charge in [0.15, 0.2) is 5.82 Å². The molecule has 3 N–H and O–H groups in total. The molecule has 0 spiro atoms. The third-order valence-electron chi connectivity index (χ3n) is 2.03. The van der Waals surface area contributed by atoms with Crippen LogP contribution in [-0.4, -0.2) is 37.8 Å². The van der Waals surface area contributed by atoms with Crippen LogP contribution >= 0.6 is 0 Å². The van der Waals surface area contributed by atoms with Gasteiger partial charge in [-0.2, -0.15) is 5.21 Å². The first kappa shape index (κ1) is 9.82. The SMILES string of the molecule is OB(O)c1ccc(Cc2nn[nH]n2)cc1. The smallest absolute Gasteiger partial charge is 0.423 e. The van der Waals surface area contributed by atoms with Crippen molar-refractivity contribution in [3.8, 4) is 0 Å². The van der Waals surface area contributed by atoms with Crippen LogP contribution < -0.4 is 5.46 Å². The van der Waals surface area contributed by atoms with E-state index in [2.05, 4.69) is 20.6 Å². The molecule has 1 aromatic heterocycles. The largest absolute Gasteiger partial charge is 0.488 e. The highest BCUT2D eigenvalue weighted by Crippen LogP contribution is 2.02. The van der Waals surface area contributed by atoms with Gasteiger partial charge in [0.25, 0.3) is 0 Å². The van der Waals surface area contributed by atoms with Crippen molar-refractivity contribution in [2.24, 2.45) is 0 Å². The van der Waals surface area contributed by atoms with Crippen molar-refractivity contribution in [3.63, 3.8) is 0 Å². The molecule has 0 radical (unpaired) electrons. The number of nitrogens with one attached hydrogen (secondary N) is 1. The van der Waals surface area contributed by atoms with Crippen LogP contribution in [0.25, 0.3) is 0 Å². The fourth-order valence-electron chi connectivity index (χ4n) is 1.25. The van der Waals surface area contributed by atoms with E-state index in [-0.39, 0.29) is 0 Å². The molecule has 2 rings (SSSR count). The second kappa shape index (κ2) is 4.20. The summed E-state index contributed by atoms with van der Waals surface area (Å²) in [6, 6.07) is 6.90. The van der Waals surface area contributed by atoms with Gasteiger partial charge >= 0.3 is 7.12 Å². The Labute approximate surface area is 86.1 Å². The quantitative estimate of drug-likeness (QED) is 0.527. The number of H-pyrrole nitrogens is 1. The summed E-state index contributed by atoms with van der Waals surface area (Å²) in [4.78, 5) is 0. The molecule has 0 atom stereocenters. The topological polar surface area (TPSA) is 94.9 Å². The van der Waals surface area contributed by atoms with Crippen LogP contribution in [0.3, 0.4) is 0 Å². The Morgan fingerprint density at radius 2 is 1.93 bits per heavy atom. The number of aromatic amines is 1. The first-order valence-electron chi connectivity index (χ1n) is 4.43. The summed E-state index contributed by atoms with van der Waals surface area (Å²) in [5.41, 5.74) is 1.45. The van der Waals surface area contributed by atoms with Crippen molar-refractivity contribution in [2.45, 2.75) is 6.42 Å². The van der Waals surface area contributed by atoms with E-state index in [9.17, 15) is 0 Å². The van der Waals surface area contributed by atoms with Gasteiger partial charge in [0.1, 0.15) is 0 Å². The highest BCUT2D eigenvalue weighted by molar-refractivity contribution is 6.58. The maximum atomic E-state index is 8.89. The van der Waals surface area contributed by atoms with Crippen molar-refractivity contribution >= 4 is 12.6 Å². The summed E-state index contributed by atoms with van der Waals surface area (Å²) in [6.45, 7) is 0. The van der Waals surface area contributed by atoms with Crippen LogP contribution in [0.2, 0.25) is 0 Å². The summed E-state index contributed by atoms with van der Waals surface area (Å²) >= 11 is 0. The molecule has 1 heterocycles. The van der Waals surface area contributed by atoms with E-state index in [1.54, 1.807) is 24.3 Å². The molecule has 0 aliphatic heterocycles. The highest BCUT2D eigenvalue weighted by atomic mass is 16.4. The van der Waals surface area contributed by atoms with Crippen molar-refractivity contribution in [1.82, 2.24) is 20.6 Å². The van der Waals surface area contributed by atoms with Crippen LogP contribution in [0, 0.1) is 0 Å². The molecule has 0 aliphatic rings. The maximum absolute atomic E-state index is 8.89. The van der Waals surface area contributed by atoms with Crippen LogP contribution in [0.15, 0.2) is 24.3 Å². The Hall–Kier alpha value is -1.73. The van der Waals surface area contributed by atoms with Gasteiger partial charge in [-0.25, -0.2) is 0 Å². The minimum Gasteiger partial charge on any atom is -0.423 e. The van der Waals surface area contributed by atoms with Crippen molar-refractivity contribution in [3.05, 3.63) is 35.7 Å². The Morgan fingerprint density at radius 1 is 1.20 bits per heavy atom. The van der Waals surface area contributed by atoms with E-state index in [0.29, 0.717) is 17.7 Å². The first-order chi connectivity index (χ1) is 7.25. The minimum absolute atomic E-state index is 0.465. The molecule has 76 valence electrons. The number of rotatable bonds is 3. The number of hydrogen-bond acceptors (Lipinski definition) is 5. The molecular weight excluding hydrogens is 195 g/mol. The molecule has 7 heteroatoms. The van der Waals surface area contributed by atoms with Gasteiger partial charge in [0.2, 0.25) is 0 Å². The Kier molecular flexibility index (Phi) is 2.75. The van der Waals surface area contributed by atoms with Crippen molar-refractivity contribution in [2.75, 3.05) is 0 Å². The molecular formula is C8H9BN4O2. The van der Waals surface area contributed by atoms with Gasteiger partial charge in [-0.15, -0.1) is 10.2 Å². The van der Waals surface area contributed by atoms with Gasteiger partial charge in [0.05, 0.1) is 0 Å². The fourth-order valence-corrected chi connectivity index (χ4v) is 1.25. The number of aromatic nitrogens is 4. The fraction of sp³-hybridized carbons (Fsp3) is 0.125. The summed E-state index contributed by atoms with van der Waals surface area (Å²) < 4.78 is 0. The predicted octanol–water partition coefficient (Wildman–Crippen LogP) is -1.53. The summed E-state index contributed by atoms with van der Waals surface area (Å²) in [5.74, 6) is 0.604. The molecule has 0 unspecified atom stereocenters. The number of tetrazole rings is 1. The maximum Gasteiger partial charge on any atom is 0.488 e. The second-order valence-corrected chi connectivity index (χ2v) is 3.12. The zero-order valence-corrected chi connectivity index (χ0v) is 7.83. The lowest BCUT2D eigenvalue weighted by atomic mass is 9.80. The van der Waals surface area contributed by atoms with E-state index in [0.717, 1.165) is 5.56 Å². The van der Waals surface area contributed by atoms with Gasteiger partial charge in [0, 0.05) is 6.42 Å². The molecule has 0 bridgehead atoms. The first-order valence-corrected chi connectivity index (χ1v) is 4.43.